The van der Waals surface area contributed by atoms with Crippen molar-refractivity contribution in [1.82, 2.24) is 9.88 Å². The van der Waals surface area contributed by atoms with Gasteiger partial charge in [-0.1, -0.05) is 48.0 Å². The quantitative estimate of drug-likeness (QED) is 0.180. The van der Waals surface area contributed by atoms with Gasteiger partial charge >= 0.3 is 0 Å². The predicted molar refractivity (Wildman–Crippen MR) is 146 cm³/mol. The molecule has 180 valence electrons. The van der Waals surface area contributed by atoms with E-state index < -0.39 is 4.92 Å². The Morgan fingerprint density at radius 1 is 1.11 bits per heavy atom. The monoisotopic (exact) mass is 516 g/mol. The van der Waals surface area contributed by atoms with Crippen LogP contribution >= 0.6 is 23.4 Å². The van der Waals surface area contributed by atoms with Gasteiger partial charge < -0.3 is 9.88 Å². The maximum absolute atomic E-state index is 12.8. The van der Waals surface area contributed by atoms with Crippen LogP contribution in [0.15, 0.2) is 76.6 Å². The first-order valence-corrected chi connectivity index (χ1v) is 12.4. The lowest BCUT2D eigenvalue weighted by Crippen LogP contribution is -2.19. The molecule has 0 aliphatic carbocycles. The molecule has 0 atom stereocenters. The van der Waals surface area contributed by atoms with Crippen LogP contribution in [-0.2, 0) is 11.3 Å². The zero-order valence-electron chi connectivity index (χ0n) is 19.5. The molecule has 0 radical (unpaired) electrons. The van der Waals surface area contributed by atoms with Crippen molar-refractivity contribution >= 4 is 62.8 Å². The number of benzene rings is 3. The van der Waals surface area contributed by atoms with Crippen LogP contribution in [0.3, 0.4) is 0 Å². The number of para-hydroxylation sites is 1. The minimum Gasteiger partial charge on any atom is -0.340 e. The number of thioether (sulfide) groups is 1. The van der Waals surface area contributed by atoms with Crippen molar-refractivity contribution < 1.29 is 9.72 Å². The molecule has 0 bridgehead atoms. The second kappa shape index (κ2) is 9.64. The number of halogens is 1. The van der Waals surface area contributed by atoms with Crippen LogP contribution < -0.4 is 5.32 Å². The van der Waals surface area contributed by atoms with Crippen molar-refractivity contribution in [1.29, 1.82) is 0 Å². The van der Waals surface area contributed by atoms with E-state index in [0.29, 0.717) is 27.3 Å². The molecule has 1 saturated heterocycles. The summed E-state index contributed by atoms with van der Waals surface area (Å²) < 4.78 is 2.16. The van der Waals surface area contributed by atoms with Crippen LogP contribution in [-0.4, -0.2) is 20.6 Å². The number of rotatable bonds is 5. The first-order chi connectivity index (χ1) is 17.3. The largest absolute Gasteiger partial charge is 0.340 e. The zero-order chi connectivity index (χ0) is 25.4. The van der Waals surface area contributed by atoms with Gasteiger partial charge in [-0.05, 0) is 61.0 Å². The summed E-state index contributed by atoms with van der Waals surface area (Å²) in [6, 6.07) is 20.0. The van der Waals surface area contributed by atoms with Gasteiger partial charge in [-0.15, -0.1) is 0 Å². The van der Waals surface area contributed by atoms with Crippen LogP contribution in [0.1, 0.15) is 22.4 Å². The lowest BCUT2D eigenvalue weighted by Gasteiger charge is -2.09. The number of nitro groups is 1. The molecule has 1 aliphatic heterocycles. The topological polar surface area (TPSA) is 89.5 Å². The van der Waals surface area contributed by atoms with Crippen molar-refractivity contribution in [2.75, 3.05) is 0 Å². The third-order valence-corrected chi connectivity index (χ3v) is 7.23. The van der Waals surface area contributed by atoms with E-state index in [1.54, 1.807) is 18.2 Å². The number of aliphatic imine (C=N–C) groups is 1. The molecule has 1 N–H and O–H groups in total. The van der Waals surface area contributed by atoms with E-state index in [1.807, 2.05) is 56.3 Å². The van der Waals surface area contributed by atoms with Gasteiger partial charge in [0.2, 0.25) is 0 Å². The fraction of sp³-hybridized carbons (Fsp3) is 0.111. The highest BCUT2D eigenvalue weighted by Crippen LogP contribution is 2.34. The molecule has 0 unspecified atom stereocenters. The molecule has 7 nitrogen and oxygen atoms in total. The summed E-state index contributed by atoms with van der Waals surface area (Å²) in [6.07, 6.45) is 1.90. The Labute approximate surface area is 216 Å². The van der Waals surface area contributed by atoms with Crippen LogP contribution in [0.4, 0.5) is 11.4 Å². The summed E-state index contributed by atoms with van der Waals surface area (Å²) in [7, 11) is 0. The molecule has 4 aromatic rings. The number of nitrogens with zero attached hydrogens (tertiary/aromatic N) is 3. The Morgan fingerprint density at radius 3 is 2.61 bits per heavy atom. The molecule has 9 heteroatoms. The van der Waals surface area contributed by atoms with Crippen molar-refractivity contribution in [2.24, 2.45) is 4.99 Å². The van der Waals surface area contributed by atoms with Gasteiger partial charge in [-0.25, -0.2) is 4.99 Å². The summed E-state index contributed by atoms with van der Waals surface area (Å²) >= 11 is 7.41. The molecular weight excluding hydrogens is 496 g/mol. The van der Waals surface area contributed by atoms with Crippen molar-refractivity contribution in [3.8, 4) is 0 Å². The Hall–Kier alpha value is -3.88. The molecule has 5 rings (SSSR count). The number of amidine groups is 1. The Morgan fingerprint density at radius 2 is 1.86 bits per heavy atom. The summed E-state index contributed by atoms with van der Waals surface area (Å²) in [4.78, 5) is 28.5. The highest BCUT2D eigenvalue weighted by Gasteiger charge is 2.25. The van der Waals surface area contributed by atoms with Crippen LogP contribution in [0, 0.1) is 24.0 Å². The summed E-state index contributed by atoms with van der Waals surface area (Å²) in [5.41, 5.74) is 5.65. The van der Waals surface area contributed by atoms with Gasteiger partial charge in [0.1, 0.15) is 0 Å². The van der Waals surface area contributed by atoms with E-state index in [2.05, 4.69) is 14.9 Å². The first-order valence-electron chi connectivity index (χ1n) is 11.2. The van der Waals surface area contributed by atoms with Gasteiger partial charge in [-0.3, -0.25) is 14.9 Å². The van der Waals surface area contributed by atoms with Gasteiger partial charge in [0.25, 0.3) is 11.6 Å². The van der Waals surface area contributed by atoms with Gasteiger partial charge in [-0.2, -0.15) is 0 Å². The maximum atomic E-state index is 12.8. The van der Waals surface area contributed by atoms with Crippen LogP contribution in [0.25, 0.3) is 17.0 Å². The number of carbonyl (C=O) groups is 1. The molecule has 1 aromatic heterocycles. The first kappa shape index (κ1) is 23.8. The average molecular weight is 517 g/mol. The molecule has 36 heavy (non-hydrogen) atoms. The van der Waals surface area contributed by atoms with Crippen LogP contribution in [0.5, 0.6) is 0 Å². The standard InChI is InChI=1S/C27H21ClN4O3S/c1-16-7-10-19(28)13-23(16)29-27-30-26(33)25(36-27)14-22-17(2)31(24-6-4-3-5-21(22)24)15-18-8-11-20(12-9-18)32(34)35/h3-14H,15H2,1-2H3,(H,29,30,33)/b25-14-. The average Bonchev–Trinajstić information content (AvgIpc) is 3.33. The van der Waals surface area contributed by atoms with Crippen LogP contribution in [0.2, 0.25) is 5.02 Å². The predicted octanol–water partition coefficient (Wildman–Crippen LogP) is 6.76. The van der Waals surface area contributed by atoms with E-state index in [9.17, 15) is 14.9 Å². The summed E-state index contributed by atoms with van der Waals surface area (Å²) in [5, 5.41) is 16.0. The van der Waals surface area contributed by atoms with Gasteiger partial charge in [0, 0.05) is 45.9 Å². The number of aromatic nitrogens is 1. The summed E-state index contributed by atoms with van der Waals surface area (Å²) in [5.74, 6) is -0.204. The second-order valence-corrected chi connectivity index (χ2v) is 9.91. The molecular formula is C27H21ClN4O3S. The molecule has 1 fully saturated rings. The molecule has 0 spiro atoms. The number of carbonyl (C=O) groups excluding carboxylic acids is 1. The third kappa shape index (κ3) is 4.65. The smallest absolute Gasteiger partial charge is 0.269 e. The highest BCUT2D eigenvalue weighted by atomic mass is 35.5. The number of hydrogen-bond acceptors (Lipinski definition) is 5. The molecule has 3 aromatic carbocycles. The summed E-state index contributed by atoms with van der Waals surface area (Å²) in [6.45, 7) is 4.50. The normalized spacial score (nSPS) is 15.7. The Balaban J connectivity index is 1.50. The molecule has 0 saturated carbocycles. The fourth-order valence-corrected chi connectivity index (χ4v) is 5.16. The van der Waals surface area contributed by atoms with Gasteiger partial charge in [0.15, 0.2) is 5.17 Å². The minimum atomic E-state index is -0.403. The van der Waals surface area contributed by atoms with E-state index in [-0.39, 0.29) is 11.6 Å². The zero-order valence-corrected chi connectivity index (χ0v) is 21.1. The van der Waals surface area contributed by atoms with Gasteiger partial charge in [0.05, 0.1) is 15.5 Å². The minimum absolute atomic E-state index is 0.0629. The second-order valence-electron chi connectivity index (χ2n) is 8.44. The number of amides is 1. The maximum Gasteiger partial charge on any atom is 0.269 e. The lowest BCUT2D eigenvalue weighted by atomic mass is 10.1. The lowest BCUT2D eigenvalue weighted by molar-refractivity contribution is -0.384. The third-order valence-electron chi connectivity index (χ3n) is 6.09. The molecule has 1 amide bonds. The molecule has 2 heterocycles. The molecule has 1 aliphatic rings. The number of non-ortho nitro benzene ring substituents is 1. The van der Waals surface area contributed by atoms with Crippen molar-refractivity contribution in [3.05, 3.63) is 109 Å². The number of hydrogen-bond donors (Lipinski definition) is 1. The van der Waals surface area contributed by atoms with Crippen molar-refractivity contribution in [2.45, 2.75) is 20.4 Å². The van der Waals surface area contributed by atoms with E-state index in [1.165, 1.54) is 23.9 Å². The van der Waals surface area contributed by atoms with E-state index in [4.69, 9.17) is 11.6 Å². The number of nitro benzene ring substituents is 1. The number of fused-ring (bicyclic) bond motifs is 1. The Bertz CT molecular complexity index is 1590. The number of nitrogens with one attached hydrogen (secondary N) is 1. The fourth-order valence-electron chi connectivity index (χ4n) is 4.17. The van der Waals surface area contributed by atoms with E-state index >= 15 is 0 Å². The van der Waals surface area contributed by atoms with Crippen molar-refractivity contribution in [3.63, 3.8) is 0 Å². The number of aryl methyl sites for hydroxylation is 1. The highest BCUT2D eigenvalue weighted by molar-refractivity contribution is 8.18. The SMILES string of the molecule is Cc1ccc(Cl)cc1N=C1NC(=O)/C(=C/c2c(C)n(Cc3ccc([N+](=O)[O-])cc3)c3ccccc23)S1. The van der Waals surface area contributed by atoms with E-state index in [0.717, 1.165) is 33.3 Å². The Kier molecular flexibility index (Phi) is 6.38.